The smallest absolute Gasteiger partial charge is 0.311 e. The summed E-state index contributed by atoms with van der Waals surface area (Å²) in [5, 5.41) is 13.8. The number of hydrogen-bond acceptors (Lipinski definition) is 3. The highest BCUT2D eigenvalue weighted by Crippen LogP contribution is 2.40. The molecule has 2 heterocycles. The number of aryl methyl sites for hydroxylation is 1. The second-order valence-corrected chi connectivity index (χ2v) is 6.55. The molecule has 6 heteroatoms. The van der Waals surface area contributed by atoms with Crippen molar-refractivity contribution in [3.05, 3.63) is 47.3 Å². The second kappa shape index (κ2) is 5.47. The molecule has 1 aromatic carbocycles. The number of fused-ring (bicyclic) bond motifs is 1. The van der Waals surface area contributed by atoms with Crippen molar-refractivity contribution in [3.63, 3.8) is 0 Å². The van der Waals surface area contributed by atoms with E-state index in [-0.39, 0.29) is 5.91 Å². The largest absolute Gasteiger partial charge is 0.481 e. The van der Waals surface area contributed by atoms with Gasteiger partial charge in [-0.2, -0.15) is 5.10 Å². The van der Waals surface area contributed by atoms with Crippen LogP contribution >= 0.6 is 0 Å². The molecule has 1 amide bonds. The Kier molecular flexibility index (Phi) is 3.40. The van der Waals surface area contributed by atoms with Gasteiger partial charge >= 0.3 is 5.97 Å². The fraction of sp³-hybridized carbons (Fsp3) is 0.389. The van der Waals surface area contributed by atoms with Crippen LogP contribution in [0.2, 0.25) is 0 Å². The van der Waals surface area contributed by atoms with Gasteiger partial charge in [-0.3, -0.25) is 14.3 Å². The lowest BCUT2D eigenvalue weighted by molar-refractivity contribution is -0.139. The standard InChI is InChI=1S/C18H19N3O3/c1-20-16(11-6-7-11)10-14(19-20)17(22)21-9-8-13(18(23)24)12-4-2-3-5-15(12)21/h2-5,10-11,13H,6-9H2,1H3,(H,23,24). The Bertz CT molecular complexity index is 823. The summed E-state index contributed by atoms with van der Waals surface area (Å²) in [7, 11) is 1.87. The summed E-state index contributed by atoms with van der Waals surface area (Å²) in [4.78, 5) is 26.1. The zero-order valence-corrected chi connectivity index (χ0v) is 13.5. The van der Waals surface area contributed by atoms with Crippen LogP contribution in [0.25, 0.3) is 0 Å². The second-order valence-electron chi connectivity index (χ2n) is 6.55. The number of carbonyl (C=O) groups excluding carboxylic acids is 1. The van der Waals surface area contributed by atoms with Crippen molar-refractivity contribution in [3.8, 4) is 0 Å². The molecule has 124 valence electrons. The number of nitrogens with zero attached hydrogens (tertiary/aromatic N) is 3. The Morgan fingerprint density at radius 2 is 1.96 bits per heavy atom. The molecular weight excluding hydrogens is 306 g/mol. The summed E-state index contributed by atoms with van der Waals surface area (Å²) >= 11 is 0. The quantitative estimate of drug-likeness (QED) is 0.941. The molecule has 1 N–H and O–H groups in total. The van der Waals surface area contributed by atoms with E-state index in [9.17, 15) is 14.7 Å². The molecule has 24 heavy (non-hydrogen) atoms. The number of benzene rings is 1. The number of amides is 1. The molecule has 1 fully saturated rings. The normalized spacial score (nSPS) is 19.9. The summed E-state index contributed by atoms with van der Waals surface area (Å²) in [6.45, 7) is 0.391. The number of anilines is 1. The highest BCUT2D eigenvalue weighted by Gasteiger charge is 2.34. The van der Waals surface area contributed by atoms with E-state index in [4.69, 9.17) is 0 Å². The Hall–Kier alpha value is -2.63. The molecule has 2 aliphatic rings. The molecule has 1 saturated carbocycles. The number of carboxylic acids is 1. The van der Waals surface area contributed by atoms with Gasteiger partial charge in [0.1, 0.15) is 0 Å². The van der Waals surface area contributed by atoms with Crippen LogP contribution in [0, 0.1) is 0 Å². The van der Waals surface area contributed by atoms with Crippen molar-refractivity contribution in [1.82, 2.24) is 9.78 Å². The summed E-state index contributed by atoms with van der Waals surface area (Å²) in [6.07, 6.45) is 2.72. The molecule has 1 aliphatic carbocycles. The molecule has 1 aromatic heterocycles. The number of rotatable bonds is 3. The molecule has 2 aromatic rings. The Labute approximate surface area is 139 Å². The maximum Gasteiger partial charge on any atom is 0.311 e. The van der Waals surface area contributed by atoms with Crippen molar-refractivity contribution < 1.29 is 14.7 Å². The van der Waals surface area contributed by atoms with Gasteiger partial charge in [0.15, 0.2) is 5.69 Å². The van der Waals surface area contributed by atoms with Crippen LogP contribution in [0.4, 0.5) is 5.69 Å². The van der Waals surface area contributed by atoms with Gasteiger partial charge in [-0.25, -0.2) is 0 Å². The predicted molar refractivity (Wildman–Crippen MR) is 88.3 cm³/mol. The number of para-hydroxylation sites is 1. The minimum Gasteiger partial charge on any atom is -0.481 e. The monoisotopic (exact) mass is 325 g/mol. The molecular formula is C18H19N3O3. The number of aromatic nitrogens is 2. The van der Waals surface area contributed by atoms with Crippen molar-refractivity contribution in [1.29, 1.82) is 0 Å². The summed E-state index contributed by atoms with van der Waals surface area (Å²) < 4.78 is 1.79. The summed E-state index contributed by atoms with van der Waals surface area (Å²) in [5.41, 5.74) is 2.91. The number of carbonyl (C=O) groups is 2. The zero-order valence-electron chi connectivity index (χ0n) is 13.5. The van der Waals surface area contributed by atoms with E-state index in [1.165, 1.54) is 0 Å². The maximum absolute atomic E-state index is 13.0. The molecule has 0 spiro atoms. The topological polar surface area (TPSA) is 75.4 Å². The van der Waals surface area contributed by atoms with E-state index < -0.39 is 11.9 Å². The fourth-order valence-electron chi connectivity index (χ4n) is 3.52. The first-order valence-electron chi connectivity index (χ1n) is 8.24. The van der Waals surface area contributed by atoms with Gasteiger partial charge in [0, 0.05) is 30.9 Å². The van der Waals surface area contributed by atoms with Gasteiger partial charge in [-0.1, -0.05) is 18.2 Å². The van der Waals surface area contributed by atoms with E-state index in [1.807, 2.05) is 31.3 Å². The Morgan fingerprint density at radius 3 is 2.67 bits per heavy atom. The molecule has 1 unspecified atom stereocenters. The van der Waals surface area contributed by atoms with Gasteiger partial charge in [0.05, 0.1) is 5.92 Å². The third-order valence-corrected chi connectivity index (χ3v) is 4.92. The van der Waals surface area contributed by atoms with Crippen LogP contribution in [0.1, 0.15) is 52.8 Å². The Balaban J connectivity index is 1.68. The van der Waals surface area contributed by atoms with E-state index in [2.05, 4.69) is 5.10 Å². The Morgan fingerprint density at radius 1 is 1.21 bits per heavy atom. The van der Waals surface area contributed by atoms with E-state index in [0.29, 0.717) is 35.8 Å². The molecule has 0 radical (unpaired) electrons. The molecule has 6 nitrogen and oxygen atoms in total. The van der Waals surface area contributed by atoms with Gasteiger partial charge in [0.2, 0.25) is 0 Å². The lowest BCUT2D eigenvalue weighted by atomic mass is 9.90. The first-order chi connectivity index (χ1) is 11.6. The zero-order chi connectivity index (χ0) is 16.8. The number of hydrogen-bond donors (Lipinski definition) is 1. The average Bonchev–Trinajstić information content (AvgIpc) is 3.35. The minimum absolute atomic E-state index is 0.159. The highest BCUT2D eigenvalue weighted by molar-refractivity contribution is 6.06. The predicted octanol–water partition coefficient (Wildman–Crippen LogP) is 2.52. The third kappa shape index (κ3) is 2.38. The van der Waals surface area contributed by atoms with Crippen LogP contribution in [0.15, 0.2) is 30.3 Å². The lowest BCUT2D eigenvalue weighted by Gasteiger charge is -2.32. The lowest BCUT2D eigenvalue weighted by Crippen LogP contribution is -2.38. The van der Waals surface area contributed by atoms with Gasteiger partial charge in [-0.05, 0) is 37.0 Å². The van der Waals surface area contributed by atoms with Crippen LogP contribution in [0.5, 0.6) is 0 Å². The van der Waals surface area contributed by atoms with E-state index >= 15 is 0 Å². The first kappa shape index (κ1) is 14.9. The highest BCUT2D eigenvalue weighted by atomic mass is 16.4. The third-order valence-electron chi connectivity index (χ3n) is 4.92. The fourth-order valence-corrected chi connectivity index (χ4v) is 3.52. The van der Waals surface area contributed by atoms with E-state index in [0.717, 1.165) is 18.5 Å². The maximum atomic E-state index is 13.0. The van der Waals surface area contributed by atoms with Crippen LogP contribution in [-0.2, 0) is 11.8 Å². The SMILES string of the molecule is Cn1nc(C(=O)N2CCC(C(=O)O)c3ccccc32)cc1C1CC1. The van der Waals surface area contributed by atoms with Gasteiger partial charge in [0.25, 0.3) is 5.91 Å². The molecule has 4 rings (SSSR count). The summed E-state index contributed by atoms with van der Waals surface area (Å²) in [5.74, 6) is -1.04. The molecule has 1 aliphatic heterocycles. The molecule has 1 atom stereocenters. The van der Waals surface area contributed by atoms with Gasteiger partial charge in [-0.15, -0.1) is 0 Å². The van der Waals surface area contributed by atoms with Crippen LogP contribution in [-0.4, -0.2) is 33.3 Å². The van der Waals surface area contributed by atoms with Crippen molar-refractivity contribution in [2.75, 3.05) is 11.4 Å². The molecule has 0 saturated heterocycles. The van der Waals surface area contributed by atoms with Crippen molar-refractivity contribution >= 4 is 17.6 Å². The minimum atomic E-state index is -0.844. The van der Waals surface area contributed by atoms with Crippen molar-refractivity contribution in [2.24, 2.45) is 7.05 Å². The van der Waals surface area contributed by atoms with Crippen LogP contribution in [0.3, 0.4) is 0 Å². The first-order valence-corrected chi connectivity index (χ1v) is 8.24. The summed E-state index contributed by atoms with van der Waals surface area (Å²) in [6, 6.07) is 9.13. The van der Waals surface area contributed by atoms with Crippen LogP contribution < -0.4 is 4.90 Å². The average molecular weight is 325 g/mol. The van der Waals surface area contributed by atoms with Crippen molar-refractivity contribution in [2.45, 2.75) is 31.1 Å². The van der Waals surface area contributed by atoms with Gasteiger partial charge < -0.3 is 10.0 Å². The number of aliphatic carboxylic acids is 1. The number of carboxylic acid groups (broad SMARTS) is 1. The molecule has 0 bridgehead atoms. The van der Waals surface area contributed by atoms with E-state index in [1.54, 1.807) is 15.6 Å².